The molecular formula is C18H20Cl2O6. The van der Waals surface area contributed by atoms with Crippen LogP contribution in [0.1, 0.15) is 47.9 Å². The highest BCUT2D eigenvalue weighted by atomic mass is 35.5. The molecule has 26 heavy (non-hydrogen) atoms. The molecule has 0 aliphatic heterocycles. The lowest BCUT2D eigenvalue weighted by atomic mass is 9.84. The molecule has 0 saturated heterocycles. The molecule has 0 aliphatic rings. The molecule has 0 bridgehead atoms. The third kappa shape index (κ3) is 3.50. The molecule has 0 atom stereocenters. The normalized spacial score (nSPS) is 11.3. The summed E-state index contributed by atoms with van der Waals surface area (Å²) in [6.45, 7) is 0.633. The number of phenols is 4. The average molecular weight is 403 g/mol. The first-order valence-electron chi connectivity index (χ1n) is 7.96. The van der Waals surface area contributed by atoms with E-state index < -0.39 is 30.6 Å². The highest BCUT2D eigenvalue weighted by Gasteiger charge is 2.27. The predicted molar refractivity (Wildman–Crippen MR) is 98.2 cm³/mol. The first kappa shape index (κ1) is 20.5. The summed E-state index contributed by atoms with van der Waals surface area (Å²) in [6, 6.07) is 2.70. The smallest absolute Gasteiger partial charge is 0.143 e. The summed E-state index contributed by atoms with van der Waals surface area (Å²) in [4.78, 5) is 0. The van der Waals surface area contributed by atoms with Crippen LogP contribution >= 0.6 is 23.2 Å². The highest BCUT2D eigenvalue weighted by molar-refractivity contribution is 6.32. The zero-order chi connectivity index (χ0) is 19.6. The van der Waals surface area contributed by atoms with Gasteiger partial charge in [0.1, 0.15) is 23.0 Å². The van der Waals surface area contributed by atoms with Gasteiger partial charge in [0.15, 0.2) is 0 Å². The fraction of sp³-hybridized carbons (Fsp3) is 0.333. The molecule has 0 amide bonds. The molecule has 2 aromatic rings. The number of aliphatic hydroxyl groups excluding tert-OH is 2. The molecule has 2 rings (SSSR count). The molecule has 2 aromatic carbocycles. The van der Waals surface area contributed by atoms with Crippen LogP contribution in [0, 0.1) is 0 Å². The van der Waals surface area contributed by atoms with E-state index in [1.807, 2.05) is 6.92 Å². The van der Waals surface area contributed by atoms with Crippen LogP contribution in [0.15, 0.2) is 12.1 Å². The Balaban J connectivity index is 2.77. The van der Waals surface area contributed by atoms with Gasteiger partial charge in [0.05, 0.1) is 34.4 Å². The third-order valence-electron chi connectivity index (χ3n) is 4.35. The lowest BCUT2D eigenvalue weighted by Crippen LogP contribution is -2.06. The Hall–Kier alpha value is -1.86. The van der Waals surface area contributed by atoms with Gasteiger partial charge in [-0.1, -0.05) is 36.5 Å². The highest BCUT2D eigenvalue weighted by Crippen LogP contribution is 2.48. The summed E-state index contributed by atoms with van der Waals surface area (Å²) in [7, 11) is 0. The van der Waals surface area contributed by atoms with E-state index in [1.165, 1.54) is 12.1 Å². The predicted octanol–water partition coefficient (Wildman–Crippen LogP) is 3.73. The van der Waals surface area contributed by atoms with Crippen molar-refractivity contribution >= 4 is 23.2 Å². The summed E-state index contributed by atoms with van der Waals surface area (Å²) in [6.07, 6.45) is 1.11. The van der Waals surface area contributed by atoms with E-state index in [2.05, 4.69) is 0 Å². The van der Waals surface area contributed by atoms with E-state index in [1.54, 1.807) is 0 Å². The van der Waals surface area contributed by atoms with Crippen LogP contribution in [0.25, 0.3) is 0 Å². The van der Waals surface area contributed by atoms with Crippen LogP contribution in [0.2, 0.25) is 10.0 Å². The Labute approximate surface area is 160 Å². The number of rotatable bonds is 6. The number of aliphatic hydroxyl groups is 2. The molecule has 0 heterocycles. The largest absolute Gasteiger partial charge is 0.507 e. The Bertz CT molecular complexity index is 757. The van der Waals surface area contributed by atoms with Gasteiger partial charge < -0.3 is 30.6 Å². The van der Waals surface area contributed by atoms with E-state index >= 15 is 0 Å². The molecule has 0 radical (unpaired) electrons. The fourth-order valence-electron chi connectivity index (χ4n) is 3.01. The Morgan fingerprint density at radius 1 is 0.769 bits per heavy atom. The quantitative estimate of drug-likeness (QED) is 0.437. The maximum Gasteiger partial charge on any atom is 0.143 e. The minimum Gasteiger partial charge on any atom is -0.507 e. The van der Waals surface area contributed by atoms with Crippen LogP contribution in [0.5, 0.6) is 23.0 Å². The Kier molecular flexibility index (Phi) is 6.47. The van der Waals surface area contributed by atoms with E-state index in [0.29, 0.717) is 12.8 Å². The topological polar surface area (TPSA) is 121 Å². The molecule has 0 aromatic heterocycles. The zero-order valence-corrected chi connectivity index (χ0v) is 15.5. The van der Waals surface area contributed by atoms with Gasteiger partial charge in [0, 0.05) is 17.0 Å². The molecule has 0 aliphatic carbocycles. The van der Waals surface area contributed by atoms with Crippen molar-refractivity contribution in [3.63, 3.8) is 0 Å². The van der Waals surface area contributed by atoms with E-state index in [0.717, 1.165) is 0 Å². The molecule has 0 unspecified atom stereocenters. The van der Waals surface area contributed by atoms with Gasteiger partial charge in [0.25, 0.3) is 0 Å². The van der Waals surface area contributed by atoms with E-state index in [-0.39, 0.29) is 43.8 Å². The van der Waals surface area contributed by atoms with Crippen molar-refractivity contribution in [3.8, 4) is 23.0 Å². The summed E-state index contributed by atoms with van der Waals surface area (Å²) in [5.74, 6) is -2.14. The number of halogens is 2. The number of hydrogen-bond donors (Lipinski definition) is 6. The Morgan fingerprint density at radius 3 is 1.46 bits per heavy atom. The van der Waals surface area contributed by atoms with Crippen molar-refractivity contribution in [2.75, 3.05) is 0 Å². The second-order valence-electron chi connectivity index (χ2n) is 5.90. The Morgan fingerprint density at radius 2 is 1.15 bits per heavy atom. The molecule has 0 spiro atoms. The van der Waals surface area contributed by atoms with Crippen LogP contribution in [-0.4, -0.2) is 30.6 Å². The molecule has 6 N–H and O–H groups in total. The maximum absolute atomic E-state index is 10.5. The van der Waals surface area contributed by atoms with E-state index in [4.69, 9.17) is 23.2 Å². The number of benzene rings is 2. The zero-order valence-electron chi connectivity index (χ0n) is 14.0. The fourth-order valence-corrected chi connectivity index (χ4v) is 3.47. The SMILES string of the molecule is CCCC(c1cc(Cl)c(O)c(CO)c1O)c1cc(Cl)c(O)c(CO)c1O. The summed E-state index contributed by atoms with van der Waals surface area (Å²) < 4.78 is 0. The summed E-state index contributed by atoms with van der Waals surface area (Å²) >= 11 is 12.0. The van der Waals surface area contributed by atoms with Gasteiger partial charge in [0.2, 0.25) is 0 Å². The number of hydrogen-bond acceptors (Lipinski definition) is 6. The minimum atomic E-state index is -0.631. The second-order valence-corrected chi connectivity index (χ2v) is 6.72. The first-order valence-corrected chi connectivity index (χ1v) is 8.72. The molecule has 8 heteroatoms. The van der Waals surface area contributed by atoms with E-state index in [9.17, 15) is 30.6 Å². The van der Waals surface area contributed by atoms with Crippen LogP contribution in [0.4, 0.5) is 0 Å². The minimum absolute atomic E-state index is 0.0605. The van der Waals surface area contributed by atoms with Crippen molar-refractivity contribution in [2.45, 2.75) is 38.9 Å². The van der Waals surface area contributed by atoms with Gasteiger partial charge in [-0.3, -0.25) is 0 Å². The van der Waals surface area contributed by atoms with Gasteiger partial charge in [-0.2, -0.15) is 0 Å². The second kappa shape index (κ2) is 8.22. The summed E-state index contributed by atoms with van der Waals surface area (Å²) in [5, 5.41) is 59.6. The standard InChI is InChI=1S/C18H20Cl2O6/c1-2-3-8(9-4-13(19)17(25)11(6-21)15(9)23)10-5-14(20)18(26)12(7-22)16(10)24/h4-5,8,21-26H,2-3,6-7H2,1H3. The van der Waals surface area contributed by atoms with Crippen molar-refractivity contribution in [1.82, 2.24) is 0 Å². The van der Waals surface area contributed by atoms with Crippen LogP contribution < -0.4 is 0 Å². The molecule has 142 valence electrons. The third-order valence-corrected chi connectivity index (χ3v) is 4.93. The van der Waals surface area contributed by atoms with Crippen LogP contribution in [0.3, 0.4) is 0 Å². The molecule has 0 saturated carbocycles. The van der Waals surface area contributed by atoms with Crippen molar-refractivity contribution in [1.29, 1.82) is 0 Å². The van der Waals surface area contributed by atoms with Crippen molar-refractivity contribution in [3.05, 3.63) is 44.4 Å². The molecular weight excluding hydrogens is 383 g/mol. The number of aromatic hydroxyl groups is 4. The van der Waals surface area contributed by atoms with Gasteiger partial charge in [-0.05, 0) is 18.6 Å². The molecule has 0 fully saturated rings. The summed E-state index contributed by atoms with van der Waals surface area (Å²) in [5.41, 5.74) is 0.306. The maximum atomic E-state index is 10.5. The van der Waals surface area contributed by atoms with Gasteiger partial charge in [-0.25, -0.2) is 0 Å². The first-order chi connectivity index (χ1) is 12.3. The van der Waals surface area contributed by atoms with Crippen molar-refractivity contribution < 1.29 is 30.6 Å². The molecule has 6 nitrogen and oxygen atoms in total. The van der Waals surface area contributed by atoms with Crippen LogP contribution in [-0.2, 0) is 13.2 Å². The van der Waals surface area contributed by atoms with Gasteiger partial charge >= 0.3 is 0 Å². The monoisotopic (exact) mass is 402 g/mol. The lowest BCUT2D eigenvalue weighted by Gasteiger charge is -2.23. The lowest BCUT2D eigenvalue weighted by molar-refractivity contribution is 0.267. The van der Waals surface area contributed by atoms with Crippen molar-refractivity contribution in [2.24, 2.45) is 0 Å². The average Bonchev–Trinajstić information content (AvgIpc) is 2.61. The van der Waals surface area contributed by atoms with Gasteiger partial charge in [-0.15, -0.1) is 0 Å².